The third-order valence-corrected chi connectivity index (χ3v) is 4.79. The number of halogens is 1. The lowest BCUT2D eigenvalue weighted by molar-refractivity contribution is 0.252. The fourth-order valence-electron chi connectivity index (χ4n) is 1.99. The second-order valence-corrected chi connectivity index (χ2v) is 7.06. The molecule has 3 N–H and O–H groups in total. The Balaban J connectivity index is 1.34. The van der Waals surface area contributed by atoms with E-state index < -0.39 is 6.03 Å². The summed E-state index contributed by atoms with van der Waals surface area (Å²) in [6, 6.07) is 8.28. The molecule has 134 valence electrons. The summed E-state index contributed by atoms with van der Waals surface area (Å²) >= 11 is 8.66. The highest BCUT2D eigenvalue weighted by atomic mass is 35.5. The van der Waals surface area contributed by atoms with Crippen LogP contribution in [0.1, 0.15) is 0 Å². The summed E-state index contributed by atoms with van der Waals surface area (Å²) in [6.07, 6.45) is 1.53. The molecule has 0 aliphatic carbocycles. The molecule has 3 aromatic rings. The maximum Gasteiger partial charge on any atom is 0.341 e. The number of nitrogens with one attached hydrogen (secondary N) is 3. The van der Waals surface area contributed by atoms with E-state index in [9.17, 15) is 4.79 Å². The lowest BCUT2D eigenvalue weighted by Crippen LogP contribution is -2.23. The van der Waals surface area contributed by atoms with Gasteiger partial charge in [-0.3, -0.25) is 0 Å². The monoisotopic (exact) mass is 407 g/mol. The third kappa shape index (κ3) is 5.28. The van der Waals surface area contributed by atoms with Crippen LogP contribution in [0.15, 0.2) is 51.8 Å². The van der Waals surface area contributed by atoms with Crippen molar-refractivity contribution in [2.75, 3.05) is 22.9 Å². The lowest BCUT2D eigenvalue weighted by atomic mass is 10.3. The van der Waals surface area contributed by atoms with Crippen molar-refractivity contribution in [2.24, 2.45) is 9.74 Å². The van der Waals surface area contributed by atoms with Crippen molar-refractivity contribution in [1.29, 1.82) is 0 Å². The predicted molar refractivity (Wildman–Crippen MR) is 107 cm³/mol. The number of benzene rings is 1. The largest absolute Gasteiger partial charge is 0.368 e. The molecule has 3 rings (SSSR count). The van der Waals surface area contributed by atoms with E-state index >= 15 is 0 Å². The molecule has 0 radical (unpaired) electrons. The Bertz CT molecular complexity index is 918. The van der Waals surface area contributed by atoms with Gasteiger partial charge in [-0.05, 0) is 29.6 Å². The Morgan fingerprint density at radius 2 is 2.23 bits per heavy atom. The van der Waals surface area contributed by atoms with Crippen LogP contribution in [0.4, 0.5) is 16.3 Å². The zero-order valence-corrected chi connectivity index (χ0v) is 15.7. The van der Waals surface area contributed by atoms with Gasteiger partial charge in [0.1, 0.15) is 12.1 Å². The normalized spacial score (nSPS) is 11.0. The van der Waals surface area contributed by atoms with Crippen molar-refractivity contribution >= 4 is 62.6 Å². The van der Waals surface area contributed by atoms with Gasteiger partial charge >= 0.3 is 6.03 Å². The third-order valence-electron chi connectivity index (χ3n) is 3.06. The zero-order chi connectivity index (χ0) is 18.2. The molecule has 11 heteroatoms. The first kappa shape index (κ1) is 18.4. The predicted octanol–water partition coefficient (Wildman–Crippen LogP) is 4.59. The molecule has 0 aliphatic rings. The molecule has 26 heavy (non-hydrogen) atoms. The van der Waals surface area contributed by atoms with Crippen molar-refractivity contribution in [3.05, 3.63) is 47.1 Å². The van der Waals surface area contributed by atoms with Gasteiger partial charge < -0.3 is 10.6 Å². The molecular weight excluding hydrogens is 394 g/mol. The van der Waals surface area contributed by atoms with Gasteiger partial charge in [-0.15, -0.1) is 11.3 Å². The number of aromatic nitrogens is 2. The van der Waals surface area contributed by atoms with Crippen molar-refractivity contribution in [1.82, 2.24) is 15.4 Å². The van der Waals surface area contributed by atoms with Gasteiger partial charge in [0.05, 0.1) is 10.2 Å². The molecular formula is C15H14ClN7OS2. The van der Waals surface area contributed by atoms with Crippen LogP contribution in [0.5, 0.6) is 0 Å². The van der Waals surface area contributed by atoms with E-state index in [1.165, 1.54) is 18.3 Å². The number of anilines is 2. The number of amides is 2. The fraction of sp³-hybridized carbons (Fsp3) is 0.133. The number of thiophene rings is 1. The first-order chi connectivity index (χ1) is 12.7. The topological polar surface area (TPSA) is 104 Å². The Morgan fingerprint density at radius 1 is 1.31 bits per heavy atom. The number of carbonyl (C=O) groups excluding carboxylic acids is 1. The Hall–Kier alpha value is -2.43. The molecule has 2 amide bonds. The standard InChI is InChI=1S/C15H14ClN7OS2/c16-10-2-1-3-11(8-10)20-15(24)21-22-23-26-7-5-17-14-13-12(4-6-25-13)18-9-19-14/h1-4,6,8-9H,5,7H2,(H,17,18,19)(H2,20,21,23,24). The molecule has 1 aromatic carbocycles. The van der Waals surface area contributed by atoms with Gasteiger partial charge in [-0.1, -0.05) is 27.4 Å². The summed E-state index contributed by atoms with van der Waals surface area (Å²) in [5.41, 5.74) is 3.79. The Kier molecular flexibility index (Phi) is 6.58. The highest BCUT2D eigenvalue weighted by Gasteiger charge is 2.04. The molecule has 0 spiro atoms. The lowest BCUT2D eigenvalue weighted by Gasteiger charge is -2.04. The Labute approximate surface area is 162 Å². The highest BCUT2D eigenvalue weighted by molar-refractivity contribution is 7.97. The number of hydrogen-bond donors (Lipinski definition) is 3. The number of nitrogens with zero attached hydrogens (tertiary/aromatic N) is 4. The number of carbonyl (C=O) groups is 1. The van der Waals surface area contributed by atoms with Crippen molar-refractivity contribution in [2.45, 2.75) is 0 Å². The maximum atomic E-state index is 11.6. The summed E-state index contributed by atoms with van der Waals surface area (Å²) < 4.78 is 4.85. The van der Waals surface area contributed by atoms with Crippen LogP contribution in [-0.4, -0.2) is 28.3 Å². The SMILES string of the molecule is O=C(NN=NSCCNc1ncnc2ccsc12)Nc1cccc(Cl)c1. The zero-order valence-electron chi connectivity index (χ0n) is 13.3. The minimum atomic E-state index is -0.490. The van der Waals surface area contributed by atoms with Crippen molar-refractivity contribution < 1.29 is 4.79 Å². The first-order valence-electron chi connectivity index (χ1n) is 7.49. The van der Waals surface area contributed by atoms with Gasteiger partial charge in [0, 0.05) is 35.0 Å². The minimum Gasteiger partial charge on any atom is -0.368 e. The molecule has 2 heterocycles. The smallest absolute Gasteiger partial charge is 0.341 e. The number of fused-ring (bicyclic) bond motifs is 1. The van der Waals surface area contributed by atoms with Crippen molar-refractivity contribution in [3.63, 3.8) is 0 Å². The summed E-state index contributed by atoms with van der Waals surface area (Å²) in [5.74, 6) is 1.47. The van der Waals surface area contributed by atoms with Gasteiger partial charge in [0.25, 0.3) is 0 Å². The number of rotatable bonds is 7. The van der Waals surface area contributed by atoms with Crippen LogP contribution >= 0.6 is 34.9 Å². The van der Waals surface area contributed by atoms with Crippen LogP contribution in [0, 0.1) is 0 Å². The molecule has 0 unspecified atom stereocenters. The first-order valence-corrected chi connectivity index (χ1v) is 9.69. The van der Waals surface area contributed by atoms with E-state index in [0.717, 1.165) is 16.0 Å². The average Bonchev–Trinajstić information content (AvgIpc) is 3.10. The van der Waals surface area contributed by atoms with Gasteiger partial charge in [-0.25, -0.2) is 20.2 Å². The molecule has 0 fully saturated rings. The summed E-state index contributed by atoms with van der Waals surface area (Å²) in [7, 11) is 0. The van der Waals surface area contributed by atoms with Crippen LogP contribution in [0.2, 0.25) is 5.02 Å². The quantitative estimate of drug-likeness (QED) is 0.230. The molecule has 0 saturated carbocycles. The van der Waals surface area contributed by atoms with Gasteiger partial charge in [-0.2, -0.15) is 0 Å². The van der Waals surface area contributed by atoms with Crippen LogP contribution in [0.25, 0.3) is 10.2 Å². The summed E-state index contributed by atoms with van der Waals surface area (Å²) in [6.45, 7) is 0.655. The minimum absolute atomic E-state index is 0.490. The molecule has 8 nitrogen and oxygen atoms in total. The van der Waals surface area contributed by atoms with Gasteiger partial charge in [0.15, 0.2) is 0 Å². The van der Waals surface area contributed by atoms with Crippen LogP contribution in [0.3, 0.4) is 0 Å². The number of urea groups is 1. The molecule has 0 atom stereocenters. The van der Waals surface area contributed by atoms with Crippen LogP contribution in [-0.2, 0) is 0 Å². The molecule has 0 aliphatic heterocycles. The van der Waals surface area contributed by atoms with E-state index in [0.29, 0.717) is 23.0 Å². The maximum absolute atomic E-state index is 11.6. The van der Waals surface area contributed by atoms with Crippen molar-refractivity contribution in [3.8, 4) is 0 Å². The van der Waals surface area contributed by atoms with E-state index in [2.05, 4.69) is 35.8 Å². The molecule has 0 saturated heterocycles. The summed E-state index contributed by atoms with van der Waals surface area (Å²) in [5, 5.41) is 12.0. The molecule has 0 bridgehead atoms. The Morgan fingerprint density at radius 3 is 3.12 bits per heavy atom. The number of hydrogen-bond acceptors (Lipinski definition) is 8. The second-order valence-electron chi connectivity index (χ2n) is 4.88. The highest BCUT2D eigenvalue weighted by Crippen LogP contribution is 2.24. The average molecular weight is 408 g/mol. The summed E-state index contributed by atoms with van der Waals surface area (Å²) in [4.78, 5) is 20.1. The van der Waals surface area contributed by atoms with E-state index in [4.69, 9.17) is 11.6 Å². The van der Waals surface area contributed by atoms with Gasteiger partial charge in [0.2, 0.25) is 0 Å². The second kappa shape index (κ2) is 9.32. The molecule has 2 aromatic heterocycles. The fourth-order valence-corrected chi connectivity index (χ4v) is 3.37. The van der Waals surface area contributed by atoms with Crippen LogP contribution < -0.4 is 16.1 Å². The van der Waals surface area contributed by atoms with E-state index in [1.807, 2.05) is 11.4 Å². The van der Waals surface area contributed by atoms with E-state index in [1.54, 1.807) is 35.6 Å². The van der Waals surface area contributed by atoms with E-state index in [-0.39, 0.29) is 0 Å².